The number of rotatable bonds is 6. The molecular formula is C22H27N3O3S. The summed E-state index contributed by atoms with van der Waals surface area (Å²) < 4.78 is 10.8. The van der Waals surface area contributed by atoms with Crippen LogP contribution in [0.4, 0.5) is 0 Å². The van der Waals surface area contributed by atoms with E-state index in [0.29, 0.717) is 12.4 Å². The molecule has 0 bridgehead atoms. The topological polar surface area (TPSA) is 67.5 Å². The summed E-state index contributed by atoms with van der Waals surface area (Å²) >= 11 is 1.69. The van der Waals surface area contributed by atoms with Crippen LogP contribution in [0.1, 0.15) is 40.2 Å². The largest absolute Gasteiger partial charge is 0.493 e. The van der Waals surface area contributed by atoms with Gasteiger partial charge in [-0.15, -0.1) is 11.3 Å². The van der Waals surface area contributed by atoms with Crippen LogP contribution in [0.2, 0.25) is 0 Å². The second-order valence-corrected chi connectivity index (χ2v) is 8.79. The number of benzene rings is 1. The monoisotopic (exact) mass is 413 g/mol. The zero-order chi connectivity index (χ0) is 20.5. The Morgan fingerprint density at radius 1 is 1.14 bits per heavy atom. The standard InChI is InChI=1S/C22H27N3O3S/c1-13-9-16(27-3)17(28-4)10-14(13)11-25(2)12-19-23-21(26)20-15-7-5-6-8-18(15)29-22(20)24-19/h9-10H,5-8,11-12H2,1-4H3,(H,23,24,26). The van der Waals surface area contributed by atoms with Crippen LogP contribution in [0.25, 0.3) is 10.2 Å². The first kappa shape index (κ1) is 19.9. The smallest absolute Gasteiger partial charge is 0.259 e. The van der Waals surface area contributed by atoms with Crippen LogP contribution in [0.15, 0.2) is 16.9 Å². The highest BCUT2D eigenvalue weighted by Crippen LogP contribution is 2.34. The fourth-order valence-electron chi connectivity index (χ4n) is 4.08. The molecule has 4 rings (SSSR count). The fraction of sp³-hybridized carbons (Fsp3) is 0.455. The Morgan fingerprint density at radius 3 is 2.62 bits per heavy atom. The van der Waals surface area contributed by atoms with Gasteiger partial charge in [0.15, 0.2) is 11.5 Å². The van der Waals surface area contributed by atoms with Gasteiger partial charge in [-0.25, -0.2) is 4.98 Å². The molecule has 3 aromatic rings. The van der Waals surface area contributed by atoms with Crippen molar-refractivity contribution in [2.45, 2.75) is 45.7 Å². The summed E-state index contributed by atoms with van der Waals surface area (Å²) in [6.45, 7) is 3.35. The Hall–Kier alpha value is -2.38. The summed E-state index contributed by atoms with van der Waals surface area (Å²) in [6, 6.07) is 4.00. The molecule has 0 amide bonds. The Kier molecular flexibility index (Phi) is 5.61. The first-order valence-corrected chi connectivity index (χ1v) is 10.7. The molecule has 0 aliphatic heterocycles. The zero-order valence-electron chi connectivity index (χ0n) is 17.4. The minimum atomic E-state index is 0.0000901. The lowest BCUT2D eigenvalue weighted by atomic mass is 9.97. The molecule has 6 nitrogen and oxygen atoms in total. The van der Waals surface area contributed by atoms with Gasteiger partial charge in [0, 0.05) is 11.4 Å². The van der Waals surface area contributed by atoms with E-state index in [0.717, 1.165) is 58.6 Å². The van der Waals surface area contributed by atoms with Crippen molar-refractivity contribution in [2.24, 2.45) is 0 Å². The van der Waals surface area contributed by atoms with E-state index in [2.05, 4.69) is 16.8 Å². The fourth-order valence-corrected chi connectivity index (χ4v) is 5.36. The molecule has 0 fully saturated rings. The first-order valence-electron chi connectivity index (χ1n) is 9.93. The zero-order valence-corrected chi connectivity index (χ0v) is 18.2. The van der Waals surface area contributed by atoms with Crippen molar-refractivity contribution in [3.63, 3.8) is 0 Å². The van der Waals surface area contributed by atoms with Crippen molar-refractivity contribution in [3.8, 4) is 11.5 Å². The SMILES string of the molecule is COc1cc(C)c(CN(C)Cc2nc3sc4c(c3c(=O)[nH]2)CCCC4)cc1OC. The molecule has 0 saturated carbocycles. The second-order valence-electron chi connectivity index (χ2n) is 7.71. The molecular weight excluding hydrogens is 386 g/mol. The molecule has 0 radical (unpaired) electrons. The van der Waals surface area contributed by atoms with Crippen LogP contribution in [0.5, 0.6) is 11.5 Å². The van der Waals surface area contributed by atoms with Gasteiger partial charge < -0.3 is 14.5 Å². The second kappa shape index (κ2) is 8.16. The number of nitrogens with one attached hydrogen (secondary N) is 1. The normalized spacial score (nSPS) is 13.7. The minimum Gasteiger partial charge on any atom is -0.493 e. The van der Waals surface area contributed by atoms with Crippen LogP contribution in [-0.4, -0.2) is 36.1 Å². The van der Waals surface area contributed by atoms with Crippen LogP contribution < -0.4 is 15.0 Å². The van der Waals surface area contributed by atoms with E-state index in [-0.39, 0.29) is 5.56 Å². The van der Waals surface area contributed by atoms with Gasteiger partial charge in [0.2, 0.25) is 0 Å². The van der Waals surface area contributed by atoms with Gasteiger partial charge in [-0.1, -0.05) is 0 Å². The summed E-state index contributed by atoms with van der Waals surface area (Å²) in [4.78, 5) is 24.9. The van der Waals surface area contributed by atoms with Gasteiger partial charge in [-0.2, -0.15) is 0 Å². The molecule has 1 aliphatic rings. The summed E-state index contributed by atoms with van der Waals surface area (Å²) in [5.41, 5.74) is 3.52. The molecule has 1 aromatic carbocycles. The van der Waals surface area contributed by atoms with Gasteiger partial charge in [-0.3, -0.25) is 9.69 Å². The van der Waals surface area contributed by atoms with E-state index in [9.17, 15) is 4.79 Å². The van der Waals surface area contributed by atoms with Crippen molar-refractivity contribution in [3.05, 3.63) is 49.9 Å². The molecule has 0 unspecified atom stereocenters. The average Bonchev–Trinajstić information content (AvgIpc) is 3.07. The quantitative estimate of drug-likeness (QED) is 0.665. The molecule has 0 atom stereocenters. The lowest BCUT2D eigenvalue weighted by Gasteiger charge is -2.19. The van der Waals surface area contributed by atoms with Crippen molar-refractivity contribution >= 4 is 21.6 Å². The molecule has 154 valence electrons. The summed E-state index contributed by atoms with van der Waals surface area (Å²) in [6.07, 6.45) is 4.44. The molecule has 0 spiro atoms. The third-order valence-electron chi connectivity index (χ3n) is 5.58. The third-order valence-corrected chi connectivity index (χ3v) is 6.76. The van der Waals surface area contributed by atoms with E-state index < -0.39 is 0 Å². The predicted molar refractivity (Wildman–Crippen MR) is 116 cm³/mol. The number of hydrogen-bond donors (Lipinski definition) is 1. The highest BCUT2D eigenvalue weighted by atomic mass is 32.1. The van der Waals surface area contributed by atoms with Gasteiger partial charge in [-0.05, 0) is 68.5 Å². The lowest BCUT2D eigenvalue weighted by molar-refractivity contribution is 0.308. The molecule has 29 heavy (non-hydrogen) atoms. The van der Waals surface area contributed by atoms with Crippen molar-refractivity contribution in [1.29, 1.82) is 0 Å². The van der Waals surface area contributed by atoms with E-state index in [1.54, 1.807) is 25.6 Å². The summed E-state index contributed by atoms with van der Waals surface area (Å²) in [7, 11) is 5.31. The maximum atomic E-state index is 12.7. The third kappa shape index (κ3) is 3.89. The number of methoxy groups -OCH3 is 2. The van der Waals surface area contributed by atoms with Gasteiger partial charge in [0.1, 0.15) is 10.7 Å². The highest BCUT2D eigenvalue weighted by Gasteiger charge is 2.20. The Labute approximate surface area is 174 Å². The van der Waals surface area contributed by atoms with E-state index in [4.69, 9.17) is 14.5 Å². The minimum absolute atomic E-state index is 0.0000901. The van der Waals surface area contributed by atoms with Gasteiger partial charge in [0.05, 0.1) is 26.2 Å². The summed E-state index contributed by atoms with van der Waals surface area (Å²) in [5.74, 6) is 2.16. The molecule has 2 aromatic heterocycles. The Balaban J connectivity index is 1.56. The number of hydrogen-bond acceptors (Lipinski definition) is 6. The molecule has 2 heterocycles. The van der Waals surface area contributed by atoms with Crippen molar-refractivity contribution in [2.75, 3.05) is 21.3 Å². The number of aromatic amines is 1. The number of aromatic nitrogens is 2. The van der Waals surface area contributed by atoms with Crippen LogP contribution in [0.3, 0.4) is 0 Å². The van der Waals surface area contributed by atoms with E-state index >= 15 is 0 Å². The number of ether oxygens (including phenoxy) is 2. The Morgan fingerprint density at radius 2 is 1.86 bits per heavy atom. The predicted octanol–water partition coefficient (Wildman–Crippen LogP) is 3.82. The van der Waals surface area contributed by atoms with Crippen LogP contribution in [0, 0.1) is 6.92 Å². The number of thiophene rings is 1. The van der Waals surface area contributed by atoms with Crippen LogP contribution >= 0.6 is 11.3 Å². The van der Waals surface area contributed by atoms with Gasteiger partial charge in [0.25, 0.3) is 5.56 Å². The van der Waals surface area contributed by atoms with Crippen molar-refractivity contribution < 1.29 is 9.47 Å². The van der Waals surface area contributed by atoms with Gasteiger partial charge >= 0.3 is 0 Å². The highest BCUT2D eigenvalue weighted by molar-refractivity contribution is 7.18. The lowest BCUT2D eigenvalue weighted by Crippen LogP contribution is -2.22. The van der Waals surface area contributed by atoms with E-state index in [1.807, 2.05) is 19.2 Å². The molecule has 7 heteroatoms. The molecule has 1 aliphatic carbocycles. The molecule has 0 saturated heterocycles. The number of aryl methyl sites for hydroxylation is 3. The average molecular weight is 414 g/mol. The number of nitrogens with zero attached hydrogens (tertiary/aromatic N) is 2. The van der Waals surface area contributed by atoms with E-state index in [1.165, 1.54) is 16.9 Å². The molecule has 1 N–H and O–H groups in total. The number of fused-ring (bicyclic) bond motifs is 3. The maximum Gasteiger partial charge on any atom is 0.259 e. The van der Waals surface area contributed by atoms with Crippen molar-refractivity contribution in [1.82, 2.24) is 14.9 Å². The Bertz CT molecular complexity index is 1100. The first-order chi connectivity index (χ1) is 14.0. The number of H-pyrrole nitrogens is 1. The summed E-state index contributed by atoms with van der Waals surface area (Å²) in [5, 5.41) is 0.812. The van der Waals surface area contributed by atoms with Crippen LogP contribution in [-0.2, 0) is 25.9 Å². The maximum absolute atomic E-state index is 12.7.